The second-order valence-corrected chi connectivity index (χ2v) is 16.8. The number of nitrogens with zero attached hydrogens (tertiary/aromatic N) is 5. The average molecular weight is 697 g/mol. The van der Waals surface area contributed by atoms with E-state index in [1.165, 1.54) is 18.1 Å². The van der Waals surface area contributed by atoms with Crippen molar-refractivity contribution in [2.45, 2.75) is 68.2 Å². The lowest BCUT2D eigenvalue weighted by Crippen LogP contribution is -2.38. The summed E-state index contributed by atoms with van der Waals surface area (Å²) in [5.41, 5.74) is 9.25. The lowest BCUT2D eigenvalue weighted by atomic mass is 9.95. The van der Waals surface area contributed by atoms with Crippen molar-refractivity contribution in [1.82, 2.24) is 30.2 Å². The van der Waals surface area contributed by atoms with Crippen molar-refractivity contribution in [2.24, 2.45) is 0 Å². The molecule has 12 heteroatoms. The third kappa shape index (κ3) is 8.10. The van der Waals surface area contributed by atoms with Crippen LogP contribution in [0.2, 0.25) is 0 Å². The maximum atomic E-state index is 11.7. The molecule has 2 aromatic heterocycles. The first-order valence-corrected chi connectivity index (χ1v) is 19.9. The number of sulfone groups is 2. The molecule has 1 N–H and O–H groups in total. The zero-order chi connectivity index (χ0) is 34.8. The number of aromatic nitrogens is 4. The summed E-state index contributed by atoms with van der Waals surface area (Å²) in [7, 11) is -6.38. The molecular formula is C37H40N6O4S2. The lowest BCUT2D eigenvalue weighted by Gasteiger charge is -2.35. The molecule has 0 radical (unpaired) electrons. The van der Waals surface area contributed by atoms with E-state index in [9.17, 15) is 16.8 Å². The SMILES string of the molecule is CC1Cc2ncnc(-c3ccc(S(C)(=O)=O)cc3)c2CN1.CC1Cc2ncnc(-c3ccc(S(C)(=O)=O)cc3)c2CN1Cc1ccccc1. The first-order chi connectivity index (χ1) is 23.4. The van der Waals surface area contributed by atoms with Crippen LogP contribution in [0.3, 0.4) is 0 Å². The summed E-state index contributed by atoms with van der Waals surface area (Å²) in [5.74, 6) is 0. The summed E-state index contributed by atoms with van der Waals surface area (Å²) < 4.78 is 46.5. The van der Waals surface area contributed by atoms with Crippen molar-refractivity contribution >= 4 is 19.7 Å². The molecule has 4 heterocycles. The molecular weight excluding hydrogens is 657 g/mol. The van der Waals surface area contributed by atoms with Gasteiger partial charge in [-0.2, -0.15) is 0 Å². The van der Waals surface area contributed by atoms with E-state index < -0.39 is 19.7 Å². The van der Waals surface area contributed by atoms with Crippen LogP contribution in [0.1, 0.15) is 41.9 Å². The summed E-state index contributed by atoms with van der Waals surface area (Å²) in [5, 5.41) is 3.41. The minimum absolute atomic E-state index is 0.318. The predicted octanol–water partition coefficient (Wildman–Crippen LogP) is 5.08. The van der Waals surface area contributed by atoms with E-state index in [0.717, 1.165) is 77.5 Å². The van der Waals surface area contributed by atoms with Crippen LogP contribution in [0.5, 0.6) is 0 Å². The Balaban J connectivity index is 0.000000177. The number of fused-ring (bicyclic) bond motifs is 2. The van der Waals surface area contributed by atoms with E-state index in [2.05, 4.69) is 68.3 Å². The van der Waals surface area contributed by atoms with Crippen LogP contribution in [-0.4, -0.2) is 66.3 Å². The molecule has 3 aromatic carbocycles. The molecule has 5 aromatic rings. The summed E-state index contributed by atoms with van der Waals surface area (Å²) in [6.45, 7) is 6.75. The normalized spacial score (nSPS) is 17.7. The van der Waals surface area contributed by atoms with E-state index in [1.807, 2.05) is 18.2 Å². The van der Waals surface area contributed by atoms with Crippen LogP contribution in [-0.2, 0) is 52.2 Å². The Morgan fingerprint density at radius 3 is 1.71 bits per heavy atom. The molecule has 0 bridgehead atoms. The Kier molecular flexibility index (Phi) is 10.0. The van der Waals surface area contributed by atoms with Gasteiger partial charge in [0.15, 0.2) is 19.7 Å². The van der Waals surface area contributed by atoms with E-state index >= 15 is 0 Å². The Morgan fingerprint density at radius 1 is 0.673 bits per heavy atom. The molecule has 2 aliphatic heterocycles. The fourth-order valence-corrected chi connectivity index (χ4v) is 7.52. The highest BCUT2D eigenvalue weighted by molar-refractivity contribution is 7.91. The van der Waals surface area contributed by atoms with Crippen LogP contribution in [0.4, 0.5) is 0 Å². The molecule has 0 aliphatic carbocycles. The average Bonchev–Trinajstić information content (AvgIpc) is 3.08. The molecule has 2 atom stereocenters. The number of rotatable bonds is 6. The zero-order valence-electron chi connectivity index (χ0n) is 28.0. The molecule has 0 saturated carbocycles. The standard InChI is InChI=1S/C22H23N3O2S.C15H17N3O2S/c1-16-12-21-20(14-25(16)13-17-6-4-3-5-7-17)22(24-15-23-21)18-8-10-19(11-9-18)28(2,26)27;1-10-7-14-13(8-16-10)15(18-9-17-14)11-3-5-12(6-4-11)21(2,19)20/h3-11,15-16H,12-14H2,1-2H3;3-6,9-10,16H,7-8H2,1-2H3. The highest BCUT2D eigenvalue weighted by Gasteiger charge is 2.27. The largest absolute Gasteiger partial charge is 0.310 e. The first-order valence-electron chi connectivity index (χ1n) is 16.1. The lowest BCUT2D eigenvalue weighted by molar-refractivity contribution is 0.173. The van der Waals surface area contributed by atoms with E-state index in [4.69, 9.17) is 0 Å². The summed E-state index contributed by atoms with van der Waals surface area (Å²) in [6.07, 6.45) is 7.37. The quantitative estimate of drug-likeness (QED) is 0.256. The van der Waals surface area contributed by atoms with Gasteiger partial charge in [-0.1, -0.05) is 54.6 Å². The van der Waals surface area contributed by atoms with Gasteiger partial charge in [0.25, 0.3) is 0 Å². The van der Waals surface area contributed by atoms with Gasteiger partial charge in [0.1, 0.15) is 12.7 Å². The van der Waals surface area contributed by atoms with Crippen molar-refractivity contribution < 1.29 is 16.8 Å². The summed E-state index contributed by atoms with van der Waals surface area (Å²) in [4.78, 5) is 20.9. The molecule has 0 amide bonds. The van der Waals surface area contributed by atoms with Crippen molar-refractivity contribution in [1.29, 1.82) is 0 Å². The topological polar surface area (TPSA) is 135 Å². The minimum Gasteiger partial charge on any atom is -0.310 e. The van der Waals surface area contributed by atoms with Crippen LogP contribution >= 0.6 is 0 Å². The smallest absolute Gasteiger partial charge is 0.175 e. The third-order valence-electron chi connectivity index (χ3n) is 9.01. The maximum Gasteiger partial charge on any atom is 0.175 e. The fourth-order valence-electron chi connectivity index (χ4n) is 6.25. The molecule has 0 saturated heterocycles. The summed E-state index contributed by atoms with van der Waals surface area (Å²) in [6, 6.07) is 25.1. The van der Waals surface area contributed by atoms with Gasteiger partial charge in [0.05, 0.1) is 32.6 Å². The van der Waals surface area contributed by atoms with Crippen LogP contribution < -0.4 is 5.32 Å². The number of nitrogens with one attached hydrogen (secondary N) is 1. The van der Waals surface area contributed by atoms with Gasteiger partial charge < -0.3 is 5.32 Å². The minimum atomic E-state index is -3.21. The zero-order valence-corrected chi connectivity index (χ0v) is 29.7. The fraction of sp³-hybridized carbons (Fsp3) is 0.297. The van der Waals surface area contributed by atoms with E-state index in [0.29, 0.717) is 21.9 Å². The van der Waals surface area contributed by atoms with E-state index in [1.54, 1.807) is 49.1 Å². The Bertz CT molecular complexity index is 2160. The second-order valence-electron chi connectivity index (χ2n) is 12.8. The first kappa shape index (κ1) is 34.5. The van der Waals surface area contributed by atoms with Gasteiger partial charge in [0, 0.05) is 79.3 Å². The van der Waals surface area contributed by atoms with Crippen LogP contribution in [0.25, 0.3) is 22.5 Å². The van der Waals surface area contributed by atoms with Gasteiger partial charge in [0.2, 0.25) is 0 Å². The van der Waals surface area contributed by atoms with Crippen molar-refractivity contribution in [2.75, 3.05) is 12.5 Å². The van der Waals surface area contributed by atoms with Crippen molar-refractivity contribution in [3.05, 3.63) is 120 Å². The highest BCUT2D eigenvalue weighted by Crippen LogP contribution is 2.31. The highest BCUT2D eigenvalue weighted by atomic mass is 32.2. The molecule has 10 nitrogen and oxygen atoms in total. The molecule has 7 rings (SSSR count). The number of benzene rings is 3. The molecule has 2 unspecified atom stereocenters. The molecule has 2 aliphatic rings. The maximum absolute atomic E-state index is 11.7. The van der Waals surface area contributed by atoms with Crippen molar-refractivity contribution in [3.8, 4) is 22.5 Å². The summed E-state index contributed by atoms with van der Waals surface area (Å²) >= 11 is 0. The van der Waals surface area contributed by atoms with Crippen LogP contribution in [0, 0.1) is 0 Å². The van der Waals surface area contributed by atoms with Gasteiger partial charge >= 0.3 is 0 Å². The van der Waals surface area contributed by atoms with Gasteiger partial charge in [-0.15, -0.1) is 0 Å². The monoisotopic (exact) mass is 696 g/mol. The van der Waals surface area contributed by atoms with Gasteiger partial charge in [-0.25, -0.2) is 36.8 Å². The molecule has 49 heavy (non-hydrogen) atoms. The number of hydrogen-bond donors (Lipinski definition) is 1. The second kappa shape index (κ2) is 14.2. The van der Waals surface area contributed by atoms with E-state index in [-0.39, 0.29) is 0 Å². The Hall–Kier alpha value is -4.36. The predicted molar refractivity (Wildman–Crippen MR) is 190 cm³/mol. The number of hydrogen-bond acceptors (Lipinski definition) is 10. The van der Waals surface area contributed by atoms with Crippen LogP contribution in [0.15, 0.2) is 101 Å². The Morgan fingerprint density at radius 2 is 1.18 bits per heavy atom. The molecule has 0 spiro atoms. The van der Waals surface area contributed by atoms with Gasteiger partial charge in [-0.05, 0) is 43.7 Å². The third-order valence-corrected chi connectivity index (χ3v) is 11.3. The molecule has 0 fully saturated rings. The van der Waals surface area contributed by atoms with Crippen molar-refractivity contribution in [3.63, 3.8) is 0 Å². The molecule has 254 valence electrons. The Labute approximate surface area is 288 Å². The van der Waals surface area contributed by atoms with Gasteiger partial charge in [-0.3, -0.25) is 4.90 Å².